The number of para-hydroxylation sites is 1. The topological polar surface area (TPSA) is 85.4 Å². The minimum atomic E-state index is -0.575. The first kappa shape index (κ1) is 25.3. The van der Waals surface area contributed by atoms with Crippen LogP contribution in [-0.4, -0.2) is 28.8 Å². The molecule has 0 bridgehead atoms. The van der Waals surface area contributed by atoms with Crippen molar-refractivity contribution in [2.45, 2.75) is 26.8 Å². The summed E-state index contributed by atoms with van der Waals surface area (Å²) in [6.07, 6.45) is 0.998. The number of aromatic hydroxyl groups is 1. The standard InChI is InChI=1S/C28H28ClN3O4/c1-19(2)15-16-35-22-11-7-20(8-12-22)17-32-25-6-4-3-5-24(25)27(28(32)34)31-30-26(33)18-36-23-13-9-21(29)10-14-23/h3-14,19,34H,15-18H2,1-2H3. The van der Waals surface area contributed by atoms with Gasteiger partial charge < -0.3 is 19.1 Å². The Kier molecular flexibility index (Phi) is 8.23. The number of rotatable bonds is 10. The molecule has 8 heteroatoms. The maximum absolute atomic E-state index is 12.2. The molecule has 1 amide bonds. The van der Waals surface area contributed by atoms with Crippen molar-refractivity contribution in [2.24, 2.45) is 16.1 Å². The Morgan fingerprint density at radius 2 is 1.64 bits per heavy atom. The number of halogens is 1. The molecule has 1 aromatic heterocycles. The molecule has 186 valence electrons. The summed E-state index contributed by atoms with van der Waals surface area (Å²) in [5.74, 6) is 1.26. The molecule has 0 atom stereocenters. The molecule has 4 rings (SSSR count). The number of carbonyl (C=O) groups is 1. The average Bonchev–Trinajstić information content (AvgIpc) is 3.13. The van der Waals surface area contributed by atoms with Crippen molar-refractivity contribution in [1.82, 2.24) is 4.57 Å². The molecule has 0 fully saturated rings. The first-order valence-electron chi connectivity index (χ1n) is 11.8. The highest BCUT2D eigenvalue weighted by atomic mass is 35.5. The third kappa shape index (κ3) is 6.43. The Labute approximate surface area is 214 Å². The third-order valence-corrected chi connectivity index (χ3v) is 5.83. The van der Waals surface area contributed by atoms with Crippen molar-refractivity contribution < 1.29 is 19.4 Å². The lowest BCUT2D eigenvalue weighted by Gasteiger charge is -2.10. The maximum atomic E-state index is 12.2. The van der Waals surface area contributed by atoms with Gasteiger partial charge in [0.05, 0.1) is 18.7 Å². The molecule has 0 unspecified atom stereocenters. The molecule has 0 spiro atoms. The number of hydrogen-bond donors (Lipinski definition) is 1. The van der Waals surface area contributed by atoms with Gasteiger partial charge in [-0.05, 0) is 60.4 Å². The van der Waals surface area contributed by atoms with E-state index in [-0.39, 0.29) is 18.2 Å². The van der Waals surface area contributed by atoms with Crippen LogP contribution < -0.4 is 9.47 Å². The van der Waals surface area contributed by atoms with Crippen molar-refractivity contribution >= 4 is 34.1 Å². The monoisotopic (exact) mass is 505 g/mol. The first-order chi connectivity index (χ1) is 17.4. The van der Waals surface area contributed by atoms with Crippen LogP contribution in [-0.2, 0) is 11.3 Å². The van der Waals surface area contributed by atoms with Gasteiger partial charge in [-0.2, -0.15) is 0 Å². The molecule has 1 heterocycles. The highest BCUT2D eigenvalue weighted by Gasteiger charge is 2.17. The molecular weight excluding hydrogens is 478 g/mol. The van der Waals surface area contributed by atoms with Gasteiger partial charge in [0.1, 0.15) is 11.5 Å². The number of fused-ring (bicyclic) bond motifs is 1. The predicted octanol–water partition coefficient (Wildman–Crippen LogP) is 7.16. The van der Waals surface area contributed by atoms with E-state index in [4.69, 9.17) is 21.1 Å². The number of amides is 1. The van der Waals surface area contributed by atoms with E-state index in [9.17, 15) is 9.90 Å². The van der Waals surface area contributed by atoms with Crippen molar-refractivity contribution in [1.29, 1.82) is 0 Å². The van der Waals surface area contributed by atoms with Crippen LogP contribution in [0.4, 0.5) is 5.69 Å². The fraction of sp³-hybridized carbons (Fsp3) is 0.250. The lowest BCUT2D eigenvalue weighted by molar-refractivity contribution is -0.120. The van der Waals surface area contributed by atoms with Gasteiger partial charge in [-0.15, -0.1) is 10.2 Å². The molecule has 0 aliphatic carbocycles. The number of aromatic nitrogens is 1. The lowest BCUT2D eigenvalue weighted by atomic mass is 10.1. The van der Waals surface area contributed by atoms with Crippen LogP contribution >= 0.6 is 11.6 Å². The van der Waals surface area contributed by atoms with E-state index in [1.165, 1.54) is 0 Å². The van der Waals surface area contributed by atoms with Gasteiger partial charge >= 0.3 is 5.91 Å². The summed E-state index contributed by atoms with van der Waals surface area (Å²) in [5, 5.41) is 20.1. The molecular formula is C28H28ClN3O4. The van der Waals surface area contributed by atoms with Crippen LogP contribution in [0, 0.1) is 5.92 Å². The second kappa shape index (κ2) is 11.7. The zero-order valence-electron chi connectivity index (χ0n) is 20.2. The van der Waals surface area contributed by atoms with Crippen LogP contribution in [0.5, 0.6) is 17.4 Å². The van der Waals surface area contributed by atoms with Gasteiger partial charge in [0, 0.05) is 10.4 Å². The minimum absolute atomic E-state index is 0.0661. The molecule has 3 aromatic carbocycles. The zero-order valence-corrected chi connectivity index (χ0v) is 21.0. The van der Waals surface area contributed by atoms with Crippen LogP contribution in [0.15, 0.2) is 83.0 Å². The Hall–Kier alpha value is -3.84. The molecule has 0 saturated carbocycles. The number of azo groups is 1. The molecule has 4 aromatic rings. The summed E-state index contributed by atoms with van der Waals surface area (Å²) in [5.41, 5.74) is 2.00. The third-order valence-electron chi connectivity index (χ3n) is 5.58. The summed E-state index contributed by atoms with van der Waals surface area (Å²) in [4.78, 5) is 12.2. The molecule has 36 heavy (non-hydrogen) atoms. The zero-order chi connectivity index (χ0) is 25.5. The molecule has 0 aliphatic rings. The van der Waals surface area contributed by atoms with E-state index in [2.05, 4.69) is 24.1 Å². The van der Waals surface area contributed by atoms with Crippen LogP contribution in [0.1, 0.15) is 25.8 Å². The SMILES string of the molecule is CC(C)CCOc1ccc(Cn2c(O)c(N=NC(=O)COc3ccc(Cl)cc3)c3ccccc32)cc1. The van der Waals surface area contributed by atoms with Crippen LogP contribution in [0.2, 0.25) is 5.02 Å². The predicted molar refractivity (Wildman–Crippen MR) is 141 cm³/mol. The van der Waals surface area contributed by atoms with E-state index in [1.54, 1.807) is 28.8 Å². The fourth-order valence-corrected chi connectivity index (χ4v) is 3.75. The van der Waals surface area contributed by atoms with E-state index in [0.717, 1.165) is 23.3 Å². The lowest BCUT2D eigenvalue weighted by Crippen LogP contribution is -2.07. The second-order valence-corrected chi connectivity index (χ2v) is 9.22. The number of benzene rings is 3. The van der Waals surface area contributed by atoms with Crippen molar-refractivity contribution in [3.8, 4) is 17.4 Å². The number of carbonyl (C=O) groups excluding carboxylic acids is 1. The Bertz CT molecular complexity index is 1350. The van der Waals surface area contributed by atoms with Crippen molar-refractivity contribution in [2.75, 3.05) is 13.2 Å². The minimum Gasteiger partial charge on any atom is -0.494 e. The highest BCUT2D eigenvalue weighted by molar-refractivity contribution is 6.30. The van der Waals surface area contributed by atoms with Crippen molar-refractivity contribution in [3.63, 3.8) is 0 Å². The summed E-state index contributed by atoms with van der Waals surface area (Å²) < 4.78 is 13.0. The van der Waals surface area contributed by atoms with E-state index in [1.807, 2.05) is 48.5 Å². The van der Waals surface area contributed by atoms with Gasteiger partial charge in [-0.1, -0.05) is 55.8 Å². The van der Waals surface area contributed by atoms with Crippen LogP contribution in [0.25, 0.3) is 10.9 Å². The van der Waals surface area contributed by atoms with Crippen LogP contribution in [0.3, 0.4) is 0 Å². The molecule has 1 N–H and O–H groups in total. The Balaban J connectivity index is 1.47. The molecule has 7 nitrogen and oxygen atoms in total. The largest absolute Gasteiger partial charge is 0.494 e. The highest BCUT2D eigenvalue weighted by Crippen LogP contribution is 2.39. The Morgan fingerprint density at radius 3 is 2.36 bits per heavy atom. The normalized spacial score (nSPS) is 11.4. The van der Waals surface area contributed by atoms with Gasteiger partial charge in [-0.25, -0.2) is 0 Å². The maximum Gasteiger partial charge on any atom is 0.302 e. The van der Waals surface area contributed by atoms with Gasteiger partial charge in [-0.3, -0.25) is 4.79 Å². The number of ether oxygens (including phenoxy) is 2. The summed E-state index contributed by atoms with van der Waals surface area (Å²) in [6.45, 7) is 5.15. The quantitative estimate of drug-likeness (QED) is 0.232. The first-order valence-corrected chi connectivity index (χ1v) is 12.1. The van der Waals surface area contributed by atoms with E-state index in [0.29, 0.717) is 35.2 Å². The van der Waals surface area contributed by atoms with E-state index < -0.39 is 5.91 Å². The van der Waals surface area contributed by atoms with Gasteiger partial charge in [0.15, 0.2) is 12.3 Å². The Morgan fingerprint density at radius 1 is 0.972 bits per heavy atom. The van der Waals surface area contributed by atoms with Crippen molar-refractivity contribution in [3.05, 3.63) is 83.4 Å². The van der Waals surface area contributed by atoms with Gasteiger partial charge in [0.2, 0.25) is 5.88 Å². The average molecular weight is 506 g/mol. The number of nitrogens with zero attached hydrogens (tertiary/aromatic N) is 3. The number of hydrogen-bond acceptors (Lipinski definition) is 5. The summed E-state index contributed by atoms with van der Waals surface area (Å²) in [6, 6.07) is 21.9. The molecule has 0 saturated heterocycles. The van der Waals surface area contributed by atoms with Gasteiger partial charge in [0.25, 0.3) is 0 Å². The fourth-order valence-electron chi connectivity index (χ4n) is 3.63. The summed E-state index contributed by atoms with van der Waals surface area (Å²) >= 11 is 5.85. The molecule has 0 radical (unpaired) electrons. The second-order valence-electron chi connectivity index (χ2n) is 8.79. The summed E-state index contributed by atoms with van der Waals surface area (Å²) in [7, 11) is 0. The van der Waals surface area contributed by atoms with E-state index >= 15 is 0 Å². The molecule has 0 aliphatic heterocycles. The smallest absolute Gasteiger partial charge is 0.302 e.